The van der Waals surface area contributed by atoms with Gasteiger partial charge in [0, 0.05) is 31.3 Å². The first kappa shape index (κ1) is 26.2. The van der Waals surface area contributed by atoms with Crippen molar-refractivity contribution in [1.82, 2.24) is 9.55 Å². The molecule has 0 atom stereocenters. The number of fused-ring (bicyclic) bond motifs is 1. The van der Waals surface area contributed by atoms with Crippen LogP contribution in [0.15, 0.2) is 42.6 Å². The van der Waals surface area contributed by atoms with E-state index in [1.807, 2.05) is 42.6 Å². The van der Waals surface area contributed by atoms with Gasteiger partial charge in [-0.1, -0.05) is 0 Å². The molecule has 12 nitrogen and oxygen atoms in total. The molecule has 192 valence electrons. The molecule has 0 saturated carbocycles. The highest BCUT2D eigenvalue weighted by Crippen LogP contribution is 2.36. The van der Waals surface area contributed by atoms with Crippen LogP contribution in [0.25, 0.3) is 11.3 Å². The van der Waals surface area contributed by atoms with Crippen LogP contribution in [0.5, 0.6) is 23.0 Å². The Bertz CT molecular complexity index is 1200. The molecule has 0 fully saturated rings. The Morgan fingerprint density at radius 2 is 1.78 bits per heavy atom. The number of carboxylic acid groups (broad SMARTS) is 2. The normalized spacial score (nSPS) is 11.3. The molecule has 12 heteroatoms. The maximum absolute atomic E-state index is 9.10. The largest absolute Gasteiger partial charge is 0.497 e. The summed E-state index contributed by atoms with van der Waals surface area (Å²) in [7, 11) is 4.99. The molecule has 0 unspecified atom stereocenters. The van der Waals surface area contributed by atoms with Crippen LogP contribution in [0.2, 0.25) is 0 Å². The van der Waals surface area contributed by atoms with Crippen LogP contribution in [0.4, 0.5) is 5.95 Å². The van der Waals surface area contributed by atoms with Crippen LogP contribution < -0.4 is 24.3 Å². The van der Waals surface area contributed by atoms with Crippen LogP contribution in [0.3, 0.4) is 0 Å². The zero-order valence-electron chi connectivity index (χ0n) is 20.0. The fourth-order valence-corrected chi connectivity index (χ4v) is 3.41. The molecule has 0 amide bonds. The molecule has 0 saturated heterocycles. The zero-order chi connectivity index (χ0) is 26.1. The molecule has 0 bridgehead atoms. The van der Waals surface area contributed by atoms with Gasteiger partial charge in [0.05, 0.1) is 32.7 Å². The number of anilines is 1. The molecule has 0 radical (unpaired) electrons. The number of carboxylic acids is 2. The van der Waals surface area contributed by atoms with E-state index in [-0.39, 0.29) is 6.79 Å². The average Bonchev–Trinajstić information content (AvgIpc) is 3.52. The Hall–Kier alpha value is -4.45. The van der Waals surface area contributed by atoms with Crippen LogP contribution in [-0.4, -0.2) is 66.4 Å². The van der Waals surface area contributed by atoms with Crippen LogP contribution in [0.1, 0.15) is 5.56 Å². The molecular formula is C24H27N3O9. The minimum Gasteiger partial charge on any atom is -0.497 e. The fourth-order valence-electron chi connectivity index (χ4n) is 3.41. The van der Waals surface area contributed by atoms with Crippen molar-refractivity contribution in [2.24, 2.45) is 0 Å². The van der Waals surface area contributed by atoms with Crippen molar-refractivity contribution >= 4 is 17.9 Å². The Morgan fingerprint density at radius 1 is 1.03 bits per heavy atom. The lowest BCUT2D eigenvalue weighted by Crippen LogP contribution is -2.12. The van der Waals surface area contributed by atoms with Gasteiger partial charge in [-0.25, -0.2) is 14.6 Å². The van der Waals surface area contributed by atoms with Gasteiger partial charge >= 0.3 is 11.9 Å². The predicted octanol–water partition coefficient (Wildman–Crippen LogP) is 2.71. The highest BCUT2D eigenvalue weighted by Gasteiger charge is 2.18. The summed E-state index contributed by atoms with van der Waals surface area (Å²) < 4.78 is 29.2. The van der Waals surface area contributed by atoms with Crippen molar-refractivity contribution in [3.63, 3.8) is 0 Å². The number of aromatic nitrogens is 2. The zero-order valence-corrected chi connectivity index (χ0v) is 20.0. The summed E-state index contributed by atoms with van der Waals surface area (Å²) in [6, 6.07) is 11.6. The summed E-state index contributed by atoms with van der Waals surface area (Å²) in [5, 5.41) is 18.2. The van der Waals surface area contributed by atoms with E-state index in [9.17, 15) is 0 Å². The van der Waals surface area contributed by atoms with Crippen molar-refractivity contribution in [2.75, 3.05) is 40.0 Å². The summed E-state index contributed by atoms with van der Waals surface area (Å²) >= 11 is 0. The number of hydrogen-bond acceptors (Lipinski definition) is 9. The number of aliphatic carboxylic acids is 2. The molecule has 4 rings (SSSR count). The van der Waals surface area contributed by atoms with Gasteiger partial charge in [-0.05, 0) is 36.4 Å². The van der Waals surface area contributed by atoms with Gasteiger partial charge in [0.25, 0.3) is 0 Å². The van der Waals surface area contributed by atoms with Crippen molar-refractivity contribution in [2.45, 2.75) is 13.1 Å². The van der Waals surface area contributed by atoms with Gasteiger partial charge in [-0.2, -0.15) is 0 Å². The third kappa shape index (κ3) is 6.36. The predicted molar refractivity (Wildman–Crippen MR) is 128 cm³/mol. The second-order valence-corrected chi connectivity index (χ2v) is 7.32. The van der Waals surface area contributed by atoms with Gasteiger partial charge in [0.2, 0.25) is 12.7 Å². The van der Waals surface area contributed by atoms with E-state index in [4.69, 9.17) is 43.5 Å². The van der Waals surface area contributed by atoms with Gasteiger partial charge < -0.3 is 43.8 Å². The summed E-state index contributed by atoms with van der Waals surface area (Å²) in [5.41, 5.74) is 2.93. The van der Waals surface area contributed by atoms with Crippen molar-refractivity contribution in [3.8, 4) is 34.3 Å². The van der Waals surface area contributed by atoms with E-state index in [0.717, 1.165) is 45.8 Å². The van der Waals surface area contributed by atoms with Crippen molar-refractivity contribution in [3.05, 3.63) is 48.2 Å². The SMILES string of the molecule is COCCn1c(-c2ccc3c(c2)OCO3)cnc1NCc1cc(OC)ccc1OC.O=C(O)C(=O)O. The highest BCUT2D eigenvalue weighted by atomic mass is 16.7. The molecule has 1 aliphatic heterocycles. The minimum absolute atomic E-state index is 0.247. The molecule has 1 aliphatic rings. The first-order valence-electron chi connectivity index (χ1n) is 10.7. The van der Waals surface area contributed by atoms with E-state index in [0.29, 0.717) is 19.7 Å². The molecule has 36 heavy (non-hydrogen) atoms. The Kier molecular flexibility index (Phi) is 8.95. The van der Waals surface area contributed by atoms with Crippen LogP contribution in [0, 0.1) is 0 Å². The molecule has 0 aliphatic carbocycles. The Labute approximate surface area is 206 Å². The lowest BCUT2D eigenvalue weighted by Gasteiger charge is -2.15. The van der Waals surface area contributed by atoms with Crippen LogP contribution in [-0.2, 0) is 27.4 Å². The maximum atomic E-state index is 9.10. The van der Waals surface area contributed by atoms with Gasteiger partial charge in [0.1, 0.15) is 11.5 Å². The number of nitrogens with one attached hydrogen (secondary N) is 1. The monoisotopic (exact) mass is 501 g/mol. The highest BCUT2D eigenvalue weighted by molar-refractivity contribution is 6.27. The van der Waals surface area contributed by atoms with E-state index in [1.165, 1.54) is 0 Å². The fraction of sp³-hybridized carbons (Fsp3) is 0.292. The number of methoxy groups -OCH3 is 3. The van der Waals surface area contributed by atoms with Gasteiger partial charge in [-0.15, -0.1) is 0 Å². The quantitative estimate of drug-likeness (QED) is 0.371. The second kappa shape index (κ2) is 12.3. The van der Waals surface area contributed by atoms with E-state index < -0.39 is 11.9 Å². The number of rotatable bonds is 9. The molecular weight excluding hydrogens is 474 g/mol. The number of imidazole rings is 1. The lowest BCUT2D eigenvalue weighted by atomic mass is 10.1. The van der Waals surface area contributed by atoms with E-state index in [1.54, 1.807) is 21.3 Å². The second-order valence-electron chi connectivity index (χ2n) is 7.32. The first-order valence-corrected chi connectivity index (χ1v) is 10.7. The maximum Gasteiger partial charge on any atom is 0.414 e. The molecule has 3 aromatic rings. The standard InChI is InChI=1S/C22H25N3O5.C2H2O4/c1-26-9-8-25-18(15-4-6-20-21(11-15)30-14-29-20)13-24-22(25)23-12-16-10-17(27-2)5-7-19(16)28-3;3-1(4)2(5)6/h4-7,10-11,13H,8-9,12,14H2,1-3H3,(H,23,24);(H,3,4)(H,5,6). The molecule has 3 N–H and O–H groups in total. The summed E-state index contributed by atoms with van der Waals surface area (Å²) in [5.74, 6) is 0.146. The molecule has 0 spiro atoms. The lowest BCUT2D eigenvalue weighted by molar-refractivity contribution is -0.159. The third-order valence-electron chi connectivity index (χ3n) is 5.15. The third-order valence-corrected chi connectivity index (χ3v) is 5.15. The van der Waals surface area contributed by atoms with Gasteiger partial charge in [-0.3, -0.25) is 0 Å². The number of nitrogens with zero attached hydrogens (tertiary/aromatic N) is 2. The Balaban J connectivity index is 0.000000538. The molecule has 1 aromatic heterocycles. The topological polar surface area (TPSA) is 151 Å². The average molecular weight is 501 g/mol. The summed E-state index contributed by atoms with van der Waals surface area (Å²) in [6.45, 7) is 1.99. The van der Waals surface area contributed by atoms with E-state index >= 15 is 0 Å². The van der Waals surface area contributed by atoms with Crippen LogP contribution >= 0.6 is 0 Å². The smallest absolute Gasteiger partial charge is 0.414 e. The number of carbonyl (C=O) groups is 2. The number of benzene rings is 2. The minimum atomic E-state index is -1.82. The van der Waals surface area contributed by atoms with Gasteiger partial charge in [0.15, 0.2) is 11.5 Å². The van der Waals surface area contributed by atoms with Crippen molar-refractivity contribution < 1.29 is 43.5 Å². The number of hydrogen-bond donors (Lipinski definition) is 3. The van der Waals surface area contributed by atoms with E-state index in [2.05, 4.69) is 14.9 Å². The first-order chi connectivity index (χ1) is 17.4. The Morgan fingerprint density at radius 3 is 2.44 bits per heavy atom. The molecule has 2 heterocycles. The molecule has 2 aromatic carbocycles. The summed E-state index contributed by atoms with van der Waals surface area (Å²) in [6.07, 6.45) is 1.85. The summed E-state index contributed by atoms with van der Waals surface area (Å²) in [4.78, 5) is 22.8. The van der Waals surface area contributed by atoms with Crippen molar-refractivity contribution in [1.29, 1.82) is 0 Å². The number of ether oxygens (including phenoxy) is 5.